The molecule has 3 N–H and O–H groups in total. The second-order valence-electron chi connectivity index (χ2n) is 3.85. The molecule has 0 atom stereocenters. The Morgan fingerprint density at radius 2 is 2.05 bits per heavy atom. The van der Waals surface area contributed by atoms with Crippen LogP contribution in [-0.2, 0) is 0 Å². The number of nitrogen functional groups attached to an aromatic ring is 1. The van der Waals surface area contributed by atoms with Crippen LogP contribution in [0.4, 0.5) is 17.1 Å². The first kappa shape index (κ1) is 13.1. The number of hydrogen-bond acceptors (Lipinski definition) is 4. The van der Waals surface area contributed by atoms with E-state index in [-0.39, 0.29) is 0 Å². The van der Waals surface area contributed by atoms with Crippen molar-refractivity contribution in [3.63, 3.8) is 0 Å². The predicted molar refractivity (Wildman–Crippen MR) is 76.9 cm³/mol. The molecule has 0 aliphatic carbocycles. The summed E-state index contributed by atoms with van der Waals surface area (Å²) in [5.74, 6) is 0.682. The third-order valence-corrected chi connectivity index (χ3v) is 3.00. The highest BCUT2D eigenvalue weighted by atomic mass is 35.5. The third-order valence-electron chi connectivity index (χ3n) is 2.67. The van der Waals surface area contributed by atoms with Gasteiger partial charge in [0.15, 0.2) is 0 Å². The molecule has 2 aromatic carbocycles. The minimum Gasteiger partial charge on any atom is -0.497 e. The van der Waals surface area contributed by atoms with Crippen LogP contribution >= 0.6 is 11.6 Å². The topological polar surface area (TPSA) is 71.1 Å². The average molecular weight is 274 g/mol. The summed E-state index contributed by atoms with van der Waals surface area (Å²) in [5, 5.41) is 12.6. The van der Waals surface area contributed by atoms with Gasteiger partial charge in [-0.15, -0.1) is 0 Å². The molecule has 2 aromatic rings. The van der Waals surface area contributed by atoms with Crippen LogP contribution in [0.1, 0.15) is 5.56 Å². The summed E-state index contributed by atoms with van der Waals surface area (Å²) in [6.07, 6.45) is 0. The third kappa shape index (κ3) is 2.72. The standard InChI is InChI=1S/C14H12ClN3O/c1-19-10-5-6-11(15)13(7-10)18-12-4-2-3-9(8-16)14(12)17/h2-7,18H,17H2,1H3. The van der Waals surface area contributed by atoms with Gasteiger partial charge < -0.3 is 15.8 Å². The quantitative estimate of drug-likeness (QED) is 0.839. The maximum atomic E-state index is 8.94. The molecule has 0 heterocycles. The van der Waals surface area contributed by atoms with Gasteiger partial charge in [0.2, 0.25) is 0 Å². The van der Waals surface area contributed by atoms with Crippen molar-refractivity contribution in [2.75, 3.05) is 18.2 Å². The fourth-order valence-electron chi connectivity index (χ4n) is 1.64. The van der Waals surface area contributed by atoms with Gasteiger partial charge >= 0.3 is 0 Å². The molecule has 5 heteroatoms. The maximum absolute atomic E-state index is 8.94. The molecule has 4 nitrogen and oxygen atoms in total. The van der Waals surface area contributed by atoms with E-state index in [1.807, 2.05) is 6.07 Å². The summed E-state index contributed by atoms with van der Waals surface area (Å²) in [4.78, 5) is 0. The van der Waals surface area contributed by atoms with E-state index in [0.717, 1.165) is 0 Å². The molecule has 0 fully saturated rings. The molecule has 0 bridgehead atoms. The Kier molecular flexibility index (Phi) is 3.79. The summed E-state index contributed by atoms with van der Waals surface area (Å²) in [6.45, 7) is 0. The van der Waals surface area contributed by atoms with Crippen LogP contribution in [0, 0.1) is 11.3 Å². The number of nitrogens with one attached hydrogen (secondary N) is 1. The molecule has 96 valence electrons. The first-order valence-electron chi connectivity index (χ1n) is 5.55. The fourth-order valence-corrected chi connectivity index (χ4v) is 1.81. The van der Waals surface area contributed by atoms with Gasteiger partial charge in [-0.1, -0.05) is 17.7 Å². The summed E-state index contributed by atoms with van der Waals surface area (Å²) in [7, 11) is 1.58. The Morgan fingerprint density at radius 3 is 2.74 bits per heavy atom. The number of anilines is 3. The molecule has 0 saturated heterocycles. The number of ether oxygens (including phenoxy) is 1. The molecule has 0 aliphatic rings. The van der Waals surface area contributed by atoms with Crippen molar-refractivity contribution in [2.45, 2.75) is 0 Å². The molecule has 0 aliphatic heterocycles. The monoisotopic (exact) mass is 273 g/mol. The van der Waals surface area contributed by atoms with Crippen molar-refractivity contribution >= 4 is 28.7 Å². The lowest BCUT2D eigenvalue weighted by atomic mass is 10.1. The lowest BCUT2D eigenvalue weighted by Crippen LogP contribution is -1.99. The lowest BCUT2D eigenvalue weighted by molar-refractivity contribution is 0.415. The van der Waals surface area contributed by atoms with E-state index in [9.17, 15) is 0 Å². The van der Waals surface area contributed by atoms with E-state index in [1.165, 1.54) is 0 Å². The zero-order valence-corrected chi connectivity index (χ0v) is 11.0. The van der Waals surface area contributed by atoms with Crippen LogP contribution in [0.3, 0.4) is 0 Å². The van der Waals surface area contributed by atoms with Crippen LogP contribution in [0.2, 0.25) is 5.02 Å². The lowest BCUT2D eigenvalue weighted by Gasteiger charge is -2.12. The Morgan fingerprint density at radius 1 is 1.26 bits per heavy atom. The molecule has 0 amide bonds. The SMILES string of the molecule is COc1ccc(Cl)c(Nc2cccc(C#N)c2N)c1. The van der Waals surface area contributed by atoms with E-state index >= 15 is 0 Å². The number of para-hydroxylation sites is 1. The van der Waals surface area contributed by atoms with Crippen molar-refractivity contribution in [3.8, 4) is 11.8 Å². The van der Waals surface area contributed by atoms with Crippen molar-refractivity contribution in [1.29, 1.82) is 5.26 Å². The van der Waals surface area contributed by atoms with Gasteiger partial charge in [0.1, 0.15) is 11.8 Å². The fraction of sp³-hybridized carbons (Fsp3) is 0.0714. The first-order valence-corrected chi connectivity index (χ1v) is 5.92. The maximum Gasteiger partial charge on any atom is 0.121 e. The number of halogens is 1. The summed E-state index contributed by atoms with van der Waals surface area (Å²) in [6, 6.07) is 12.5. The highest BCUT2D eigenvalue weighted by Gasteiger charge is 2.07. The molecule has 0 unspecified atom stereocenters. The number of nitriles is 1. The smallest absolute Gasteiger partial charge is 0.121 e. The number of hydrogen-bond donors (Lipinski definition) is 2. The van der Waals surface area contributed by atoms with E-state index in [2.05, 4.69) is 5.32 Å². The van der Waals surface area contributed by atoms with Crippen LogP contribution in [0.15, 0.2) is 36.4 Å². The van der Waals surface area contributed by atoms with Crippen molar-refractivity contribution in [3.05, 3.63) is 47.0 Å². The van der Waals surface area contributed by atoms with Gasteiger partial charge in [-0.25, -0.2) is 0 Å². The molecular formula is C14H12ClN3O. The van der Waals surface area contributed by atoms with E-state index in [4.69, 9.17) is 27.3 Å². The van der Waals surface area contributed by atoms with Crippen molar-refractivity contribution in [1.82, 2.24) is 0 Å². The minimum absolute atomic E-state index is 0.392. The van der Waals surface area contributed by atoms with Gasteiger partial charge in [-0.05, 0) is 24.3 Å². The summed E-state index contributed by atoms with van der Waals surface area (Å²) < 4.78 is 5.14. The predicted octanol–water partition coefficient (Wildman–Crippen LogP) is 3.55. The second-order valence-corrected chi connectivity index (χ2v) is 4.26. The second kappa shape index (κ2) is 5.51. The van der Waals surface area contributed by atoms with E-state index in [0.29, 0.717) is 33.4 Å². The average Bonchev–Trinajstić information content (AvgIpc) is 2.43. The first-order chi connectivity index (χ1) is 9.15. The summed E-state index contributed by atoms with van der Waals surface area (Å²) >= 11 is 6.11. The number of benzene rings is 2. The molecule has 2 rings (SSSR count). The normalized spacial score (nSPS) is 9.74. The van der Waals surface area contributed by atoms with Crippen LogP contribution in [0.25, 0.3) is 0 Å². The highest BCUT2D eigenvalue weighted by molar-refractivity contribution is 6.33. The van der Waals surface area contributed by atoms with Crippen LogP contribution < -0.4 is 15.8 Å². The minimum atomic E-state index is 0.392. The van der Waals surface area contributed by atoms with Gasteiger partial charge in [-0.3, -0.25) is 0 Å². The zero-order chi connectivity index (χ0) is 13.8. The number of nitrogens with zero attached hydrogens (tertiary/aromatic N) is 1. The van der Waals surface area contributed by atoms with Gasteiger partial charge in [0, 0.05) is 6.07 Å². The zero-order valence-electron chi connectivity index (χ0n) is 10.3. The molecule has 0 radical (unpaired) electrons. The Labute approximate surface area is 116 Å². The number of methoxy groups -OCH3 is 1. The molecule has 19 heavy (non-hydrogen) atoms. The number of nitrogens with two attached hydrogens (primary N) is 1. The Hall–Kier alpha value is -2.38. The highest BCUT2D eigenvalue weighted by Crippen LogP contribution is 2.32. The Balaban J connectivity index is 2.39. The molecule has 0 spiro atoms. The van der Waals surface area contributed by atoms with Crippen LogP contribution in [0.5, 0.6) is 5.75 Å². The van der Waals surface area contributed by atoms with Gasteiger partial charge in [-0.2, -0.15) is 5.26 Å². The Bertz CT molecular complexity index is 650. The largest absolute Gasteiger partial charge is 0.497 e. The van der Waals surface area contributed by atoms with Gasteiger partial charge in [0.05, 0.1) is 34.8 Å². The molecule has 0 saturated carbocycles. The molecular weight excluding hydrogens is 262 g/mol. The number of rotatable bonds is 3. The van der Waals surface area contributed by atoms with Crippen molar-refractivity contribution in [2.24, 2.45) is 0 Å². The van der Waals surface area contributed by atoms with Crippen LogP contribution in [-0.4, -0.2) is 7.11 Å². The van der Waals surface area contributed by atoms with Gasteiger partial charge in [0.25, 0.3) is 0 Å². The summed E-state index contributed by atoms with van der Waals surface area (Å²) in [5.41, 5.74) is 8.02. The molecule has 0 aromatic heterocycles. The van der Waals surface area contributed by atoms with E-state index in [1.54, 1.807) is 43.5 Å². The van der Waals surface area contributed by atoms with E-state index < -0.39 is 0 Å². The van der Waals surface area contributed by atoms with Crippen molar-refractivity contribution < 1.29 is 4.74 Å².